The highest BCUT2D eigenvalue weighted by Gasteiger charge is 2.32. The van der Waals surface area contributed by atoms with E-state index in [0.717, 1.165) is 0 Å². The third-order valence-electron chi connectivity index (χ3n) is 3.69. The zero-order chi connectivity index (χ0) is 19.2. The number of carbonyl (C=O) groups is 2. The zero-order valence-corrected chi connectivity index (χ0v) is 15.9. The number of benzene rings is 1. The van der Waals surface area contributed by atoms with Crippen LogP contribution in [0, 0.1) is 17.2 Å². The molecule has 1 aromatic rings. The van der Waals surface area contributed by atoms with Crippen LogP contribution in [0.3, 0.4) is 0 Å². The van der Waals surface area contributed by atoms with Gasteiger partial charge in [0.05, 0.1) is 11.1 Å². The summed E-state index contributed by atoms with van der Waals surface area (Å²) in [7, 11) is 0. The molecule has 0 radical (unpaired) electrons. The summed E-state index contributed by atoms with van der Waals surface area (Å²) in [5.41, 5.74) is -1.05. The standard InChI is InChI=1S/C17H20Cl2N2O4/c1-10(2)17(4,9-20)21-16(23)11(3)25-15(22)8-24-14-6-5-12(18)7-13(14)19/h5-7,10-11H,8H2,1-4H3,(H,21,23). The quantitative estimate of drug-likeness (QED) is 0.725. The molecule has 1 amide bonds. The van der Waals surface area contributed by atoms with Gasteiger partial charge in [-0.1, -0.05) is 37.0 Å². The van der Waals surface area contributed by atoms with Crippen LogP contribution in [-0.4, -0.2) is 30.1 Å². The van der Waals surface area contributed by atoms with E-state index in [1.165, 1.54) is 19.1 Å². The SMILES string of the molecule is CC(OC(=O)COc1ccc(Cl)cc1Cl)C(=O)NC(C)(C#N)C(C)C. The van der Waals surface area contributed by atoms with E-state index in [2.05, 4.69) is 11.4 Å². The van der Waals surface area contributed by atoms with Crippen molar-refractivity contribution in [1.29, 1.82) is 5.26 Å². The number of esters is 1. The molecule has 136 valence electrons. The summed E-state index contributed by atoms with van der Waals surface area (Å²) in [5.74, 6) is -1.13. The summed E-state index contributed by atoms with van der Waals surface area (Å²) >= 11 is 11.7. The lowest BCUT2D eigenvalue weighted by atomic mass is 9.90. The van der Waals surface area contributed by atoms with Crippen molar-refractivity contribution in [1.82, 2.24) is 5.32 Å². The summed E-state index contributed by atoms with van der Waals surface area (Å²) in [5, 5.41) is 12.5. The van der Waals surface area contributed by atoms with Gasteiger partial charge in [-0.3, -0.25) is 4.79 Å². The number of nitrogens with one attached hydrogen (secondary N) is 1. The van der Waals surface area contributed by atoms with E-state index in [4.69, 9.17) is 32.7 Å². The maximum absolute atomic E-state index is 12.1. The maximum Gasteiger partial charge on any atom is 0.344 e. The molecule has 2 atom stereocenters. The van der Waals surface area contributed by atoms with Crippen molar-refractivity contribution in [2.45, 2.75) is 39.3 Å². The van der Waals surface area contributed by atoms with Crippen molar-refractivity contribution in [2.24, 2.45) is 5.92 Å². The lowest BCUT2D eigenvalue weighted by Gasteiger charge is -2.28. The molecule has 0 heterocycles. The summed E-state index contributed by atoms with van der Waals surface area (Å²) < 4.78 is 10.3. The lowest BCUT2D eigenvalue weighted by Crippen LogP contribution is -2.52. The lowest BCUT2D eigenvalue weighted by molar-refractivity contribution is -0.157. The highest BCUT2D eigenvalue weighted by molar-refractivity contribution is 6.35. The Morgan fingerprint density at radius 3 is 2.48 bits per heavy atom. The highest BCUT2D eigenvalue weighted by atomic mass is 35.5. The summed E-state index contributed by atoms with van der Waals surface area (Å²) in [6.07, 6.45) is -1.07. The van der Waals surface area contributed by atoms with Gasteiger partial charge in [0.25, 0.3) is 5.91 Å². The van der Waals surface area contributed by atoms with Gasteiger partial charge in [-0.25, -0.2) is 4.79 Å². The molecule has 2 unspecified atom stereocenters. The maximum atomic E-state index is 12.1. The Morgan fingerprint density at radius 2 is 1.96 bits per heavy atom. The predicted octanol–water partition coefficient (Wildman–Crippen LogP) is 3.36. The molecule has 1 N–H and O–H groups in total. The van der Waals surface area contributed by atoms with Crippen molar-refractivity contribution in [3.05, 3.63) is 28.2 Å². The predicted molar refractivity (Wildman–Crippen MR) is 94.5 cm³/mol. The van der Waals surface area contributed by atoms with Crippen molar-refractivity contribution in [3.8, 4) is 11.8 Å². The number of halogens is 2. The fraction of sp³-hybridized carbons (Fsp3) is 0.471. The third-order valence-corrected chi connectivity index (χ3v) is 4.22. The summed E-state index contributed by atoms with van der Waals surface area (Å²) in [4.78, 5) is 23.9. The normalized spacial score (nSPS) is 14.2. The fourth-order valence-corrected chi connectivity index (χ4v) is 2.14. The molecule has 25 heavy (non-hydrogen) atoms. The first-order valence-corrected chi connectivity index (χ1v) is 8.35. The topological polar surface area (TPSA) is 88.4 Å². The molecule has 0 aliphatic carbocycles. The van der Waals surface area contributed by atoms with Crippen LogP contribution in [0.2, 0.25) is 10.0 Å². The Hall–Kier alpha value is -1.97. The molecule has 0 aliphatic heterocycles. The largest absolute Gasteiger partial charge is 0.480 e. The van der Waals surface area contributed by atoms with Crippen molar-refractivity contribution < 1.29 is 19.1 Å². The van der Waals surface area contributed by atoms with Gasteiger partial charge in [0, 0.05) is 5.02 Å². The summed E-state index contributed by atoms with van der Waals surface area (Å²) in [6, 6.07) is 6.62. The molecule has 8 heteroatoms. The Labute approximate surface area is 157 Å². The van der Waals surface area contributed by atoms with E-state index in [1.807, 2.05) is 13.8 Å². The number of hydrogen-bond acceptors (Lipinski definition) is 5. The van der Waals surface area contributed by atoms with E-state index in [9.17, 15) is 14.9 Å². The van der Waals surface area contributed by atoms with Crippen molar-refractivity contribution >= 4 is 35.1 Å². The molecule has 0 saturated heterocycles. The Kier molecular flexibility index (Phi) is 7.53. The minimum atomic E-state index is -1.07. The molecule has 0 spiro atoms. The van der Waals surface area contributed by atoms with Gasteiger partial charge >= 0.3 is 5.97 Å². The Morgan fingerprint density at radius 1 is 1.32 bits per heavy atom. The van der Waals surface area contributed by atoms with Crippen LogP contribution in [-0.2, 0) is 14.3 Å². The minimum absolute atomic E-state index is 0.111. The van der Waals surface area contributed by atoms with E-state index < -0.39 is 30.1 Å². The van der Waals surface area contributed by atoms with Crippen LogP contribution in [0.1, 0.15) is 27.7 Å². The molecule has 0 aromatic heterocycles. The van der Waals surface area contributed by atoms with Crippen LogP contribution in [0.25, 0.3) is 0 Å². The van der Waals surface area contributed by atoms with Gasteiger partial charge in [0.2, 0.25) is 0 Å². The number of ether oxygens (including phenoxy) is 2. The second-order valence-corrected chi connectivity index (χ2v) is 6.80. The average molecular weight is 387 g/mol. The molecular formula is C17H20Cl2N2O4. The van der Waals surface area contributed by atoms with Gasteiger partial charge in [0.1, 0.15) is 11.3 Å². The van der Waals surface area contributed by atoms with Crippen LogP contribution < -0.4 is 10.1 Å². The van der Waals surface area contributed by atoms with E-state index in [1.54, 1.807) is 13.0 Å². The number of rotatable bonds is 7. The monoisotopic (exact) mass is 386 g/mol. The van der Waals surface area contributed by atoms with Gasteiger partial charge in [-0.2, -0.15) is 5.26 Å². The highest BCUT2D eigenvalue weighted by Crippen LogP contribution is 2.27. The van der Waals surface area contributed by atoms with Gasteiger partial charge in [-0.05, 0) is 38.0 Å². The second-order valence-electron chi connectivity index (χ2n) is 5.95. The van der Waals surface area contributed by atoms with Crippen LogP contribution >= 0.6 is 23.2 Å². The van der Waals surface area contributed by atoms with Gasteiger partial charge in [0.15, 0.2) is 12.7 Å². The number of hydrogen-bond donors (Lipinski definition) is 1. The second kappa shape index (κ2) is 8.93. The third kappa shape index (κ3) is 6.11. The number of amides is 1. The minimum Gasteiger partial charge on any atom is -0.480 e. The van der Waals surface area contributed by atoms with Crippen LogP contribution in [0.15, 0.2) is 18.2 Å². The van der Waals surface area contributed by atoms with E-state index in [-0.39, 0.29) is 16.7 Å². The molecule has 6 nitrogen and oxygen atoms in total. The number of nitriles is 1. The Bertz CT molecular complexity index is 688. The molecule has 0 fully saturated rings. The van der Waals surface area contributed by atoms with E-state index in [0.29, 0.717) is 5.02 Å². The first-order chi connectivity index (χ1) is 11.6. The van der Waals surface area contributed by atoms with Gasteiger partial charge in [-0.15, -0.1) is 0 Å². The zero-order valence-electron chi connectivity index (χ0n) is 14.4. The van der Waals surface area contributed by atoms with Crippen LogP contribution in [0.4, 0.5) is 0 Å². The van der Waals surface area contributed by atoms with Crippen molar-refractivity contribution in [3.63, 3.8) is 0 Å². The summed E-state index contributed by atoms with van der Waals surface area (Å²) in [6.45, 7) is 6.22. The molecule has 1 rings (SSSR count). The first-order valence-electron chi connectivity index (χ1n) is 7.59. The first kappa shape index (κ1) is 21.1. The molecule has 0 aliphatic rings. The van der Waals surface area contributed by atoms with E-state index >= 15 is 0 Å². The smallest absolute Gasteiger partial charge is 0.344 e. The molecular weight excluding hydrogens is 367 g/mol. The van der Waals surface area contributed by atoms with Gasteiger partial charge < -0.3 is 14.8 Å². The number of nitrogens with zero attached hydrogens (tertiary/aromatic N) is 1. The average Bonchev–Trinajstić information content (AvgIpc) is 2.53. The van der Waals surface area contributed by atoms with Crippen molar-refractivity contribution in [2.75, 3.05) is 6.61 Å². The fourth-order valence-electron chi connectivity index (χ4n) is 1.67. The van der Waals surface area contributed by atoms with Crippen LogP contribution in [0.5, 0.6) is 5.75 Å². The molecule has 0 bridgehead atoms. The molecule has 0 saturated carbocycles. The Balaban J connectivity index is 2.56. The molecule has 1 aromatic carbocycles. The number of carbonyl (C=O) groups excluding carboxylic acids is 2.